The third kappa shape index (κ3) is 5.13. The van der Waals surface area contributed by atoms with Gasteiger partial charge in [-0.3, -0.25) is 14.4 Å². The largest absolute Gasteiger partial charge is 0.488 e. The summed E-state index contributed by atoms with van der Waals surface area (Å²) in [4.78, 5) is 38.9. The summed E-state index contributed by atoms with van der Waals surface area (Å²) in [6, 6.07) is 15.7. The van der Waals surface area contributed by atoms with Gasteiger partial charge in [0.15, 0.2) is 0 Å². The van der Waals surface area contributed by atoms with Crippen molar-refractivity contribution in [3.63, 3.8) is 0 Å². The third-order valence-electron chi connectivity index (χ3n) is 4.61. The van der Waals surface area contributed by atoms with Crippen molar-refractivity contribution in [3.05, 3.63) is 65.7 Å². The fraction of sp³-hybridized carbons (Fsp3) is 0.318. The lowest BCUT2D eigenvalue weighted by molar-refractivity contribution is -0.147. The van der Waals surface area contributed by atoms with Gasteiger partial charge < -0.3 is 19.7 Å². The molecule has 0 aliphatic carbocycles. The van der Waals surface area contributed by atoms with Gasteiger partial charge in [-0.15, -0.1) is 0 Å². The number of benzene rings is 2. The molecule has 1 saturated heterocycles. The second-order valence-corrected chi connectivity index (χ2v) is 6.58. The quantitative estimate of drug-likeness (QED) is 0.725. The number of piperazine rings is 1. The molecule has 3 rings (SSSR count). The van der Waals surface area contributed by atoms with E-state index in [0.29, 0.717) is 31.0 Å². The number of nitrogens with zero attached hydrogens (tertiary/aromatic N) is 1. The molecular formula is C22H24N2O5. The van der Waals surface area contributed by atoms with Crippen LogP contribution < -0.4 is 10.1 Å². The molecule has 152 valence electrons. The predicted molar refractivity (Wildman–Crippen MR) is 106 cm³/mol. The maximum Gasteiger partial charge on any atom is 0.308 e. The van der Waals surface area contributed by atoms with Crippen LogP contribution in [0.3, 0.4) is 0 Å². The van der Waals surface area contributed by atoms with Crippen LogP contribution in [0.4, 0.5) is 0 Å². The Bertz CT molecular complexity index is 869. The van der Waals surface area contributed by atoms with E-state index in [0.717, 1.165) is 5.56 Å². The molecule has 1 N–H and O–H groups in total. The van der Waals surface area contributed by atoms with Gasteiger partial charge in [-0.05, 0) is 24.6 Å². The molecule has 2 amide bonds. The highest BCUT2D eigenvalue weighted by atomic mass is 16.5. The first-order chi connectivity index (χ1) is 14.1. The van der Waals surface area contributed by atoms with E-state index in [9.17, 15) is 14.4 Å². The Hall–Kier alpha value is -3.35. The Morgan fingerprint density at radius 2 is 1.83 bits per heavy atom. The first kappa shape index (κ1) is 20.4. The fourth-order valence-electron chi connectivity index (χ4n) is 3.20. The molecule has 2 aromatic rings. The molecule has 29 heavy (non-hydrogen) atoms. The molecule has 1 heterocycles. The molecule has 7 nitrogen and oxygen atoms in total. The van der Waals surface area contributed by atoms with Crippen LogP contribution in [0.1, 0.15) is 29.3 Å². The summed E-state index contributed by atoms with van der Waals surface area (Å²) in [6.45, 7) is 2.87. The Balaban J connectivity index is 1.79. The maximum absolute atomic E-state index is 13.2. The number of rotatable bonds is 7. The van der Waals surface area contributed by atoms with Gasteiger partial charge in [-0.1, -0.05) is 42.5 Å². The number of esters is 1. The monoisotopic (exact) mass is 396 g/mol. The van der Waals surface area contributed by atoms with E-state index >= 15 is 0 Å². The zero-order valence-electron chi connectivity index (χ0n) is 16.3. The number of ether oxygens (including phenoxy) is 2. The van der Waals surface area contributed by atoms with Crippen LogP contribution in [-0.4, -0.2) is 48.4 Å². The van der Waals surface area contributed by atoms with Gasteiger partial charge in [0.1, 0.15) is 18.4 Å². The summed E-state index contributed by atoms with van der Waals surface area (Å²) >= 11 is 0. The van der Waals surface area contributed by atoms with Crippen LogP contribution in [0.5, 0.6) is 5.75 Å². The van der Waals surface area contributed by atoms with Crippen LogP contribution >= 0.6 is 0 Å². The van der Waals surface area contributed by atoms with Crippen molar-refractivity contribution in [1.29, 1.82) is 0 Å². The molecule has 0 saturated carbocycles. The molecular weight excluding hydrogens is 372 g/mol. The number of hydrogen-bond donors (Lipinski definition) is 1. The minimum absolute atomic E-state index is 0.182. The van der Waals surface area contributed by atoms with E-state index in [1.165, 1.54) is 4.90 Å². The van der Waals surface area contributed by atoms with Crippen LogP contribution in [0.2, 0.25) is 0 Å². The molecule has 1 atom stereocenters. The van der Waals surface area contributed by atoms with Crippen molar-refractivity contribution in [1.82, 2.24) is 10.2 Å². The number of nitrogens with one attached hydrogen (secondary N) is 1. The highest BCUT2D eigenvalue weighted by molar-refractivity contribution is 6.01. The van der Waals surface area contributed by atoms with Crippen molar-refractivity contribution in [3.8, 4) is 5.75 Å². The standard InChI is InChI=1S/C22H24N2O5/c1-2-28-20(25)14-18-21(26)23-12-13-24(18)22(27)17-10-6-7-11-19(17)29-15-16-8-4-3-5-9-16/h3-11,18H,2,12-15H2,1H3,(H,23,26). The molecule has 1 unspecified atom stereocenters. The van der Waals surface area contributed by atoms with E-state index in [-0.39, 0.29) is 24.8 Å². The van der Waals surface area contributed by atoms with Crippen molar-refractivity contribution >= 4 is 17.8 Å². The molecule has 0 spiro atoms. The van der Waals surface area contributed by atoms with E-state index in [1.807, 2.05) is 30.3 Å². The van der Waals surface area contributed by atoms with Crippen LogP contribution in [-0.2, 0) is 20.9 Å². The second-order valence-electron chi connectivity index (χ2n) is 6.58. The first-order valence-corrected chi connectivity index (χ1v) is 9.60. The summed E-state index contributed by atoms with van der Waals surface area (Å²) < 4.78 is 10.8. The molecule has 2 aromatic carbocycles. The minimum Gasteiger partial charge on any atom is -0.488 e. The summed E-state index contributed by atoms with van der Waals surface area (Å²) in [6.07, 6.45) is -0.182. The first-order valence-electron chi connectivity index (χ1n) is 9.60. The highest BCUT2D eigenvalue weighted by Crippen LogP contribution is 2.23. The van der Waals surface area contributed by atoms with E-state index < -0.39 is 12.0 Å². The number of amides is 2. The van der Waals surface area contributed by atoms with Gasteiger partial charge >= 0.3 is 5.97 Å². The Morgan fingerprint density at radius 3 is 2.59 bits per heavy atom. The molecule has 0 aromatic heterocycles. The summed E-state index contributed by atoms with van der Waals surface area (Å²) in [7, 11) is 0. The SMILES string of the molecule is CCOC(=O)CC1C(=O)NCCN1C(=O)c1ccccc1OCc1ccccc1. The zero-order chi connectivity index (χ0) is 20.6. The predicted octanol–water partition coefficient (Wildman–Crippen LogP) is 2.16. The van der Waals surface area contributed by atoms with Gasteiger partial charge in [0.05, 0.1) is 18.6 Å². The van der Waals surface area contributed by atoms with Crippen molar-refractivity contribution in [2.45, 2.75) is 26.0 Å². The summed E-state index contributed by atoms with van der Waals surface area (Å²) in [5.41, 5.74) is 1.33. The Kier molecular flexibility index (Phi) is 6.84. The fourth-order valence-corrected chi connectivity index (χ4v) is 3.20. The molecule has 0 radical (unpaired) electrons. The molecule has 1 fully saturated rings. The van der Waals surface area contributed by atoms with Gasteiger partial charge in [0.2, 0.25) is 5.91 Å². The maximum atomic E-state index is 13.2. The normalized spacial score (nSPS) is 16.1. The summed E-state index contributed by atoms with van der Waals surface area (Å²) in [5, 5.41) is 2.71. The lowest BCUT2D eigenvalue weighted by Gasteiger charge is -2.34. The number of para-hydroxylation sites is 1. The number of carbonyl (C=O) groups excluding carboxylic acids is 3. The smallest absolute Gasteiger partial charge is 0.308 e. The van der Waals surface area contributed by atoms with Gasteiger partial charge in [-0.2, -0.15) is 0 Å². The van der Waals surface area contributed by atoms with E-state index in [1.54, 1.807) is 31.2 Å². The topological polar surface area (TPSA) is 84.9 Å². The van der Waals surface area contributed by atoms with Crippen LogP contribution in [0, 0.1) is 0 Å². The zero-order valence-corrected chi connectivity index (χ0v) is 16.3. The lowest BCUT2D eigenvalue weighted by Crippen LogP contribution is -2.57. The Morgan fingerprint density at radius 1 is 1.10 bits per heavy atom. The van der Waals surface area contributed by atoms with Crippen molar-refractivity contribution < 1.29 is 23.9 Å². The van der Waals surface area contributed by atoms with E-state index in [4.69, 9.17) is 9.47 Å². The number of carbonyl (C=O) groups is 3. The lowest BCUT2D eigenvalue weighted by atomic mass is 10.1. The third-order valence-corrected chi connectivity index (χ3v) is 4.61. The highest BCUT2D eigenvalue weighted by Gasteiger charge is 2.36. The van der Waals surface area contributed by atoms with Crippen LogP contribution in [0.25, 0.3) is 0 Å². The van der Waals surface area contributed by atoms with Gasteiger partial charge in [0, 0.05) is 13.1 Å². The van der Waals surface area contributed by atoms with E-state index in [2.05, 4.69) is 5.32 Å². The molecule has 1 aliphatic rings. The Labute approximate surface area is 169 Å². The molecule has 1 aliphatic heterocycles. The van der Waals surface area contributed by atoms with Gasteiger partial charge in [-0.25, -0.2) is 0 Å². The average Bonchev–Trinajstić information content (AvgIpc) is 2.74. The second kappa shape index (κ2) is 9.73. The molecule has 7 heteroatoms. The number of hydrogen-bond acceptors (Lipinski definition) is 5. The average molecular weight is 396 g/mol. The van der Waals surface area contributed by atoms with Crippen LogP contribution in [0.15, 0.2) is 54.6 Å². The van der Waals surface area contributed by atoms with Crippen molar-refractivity contribution in [2.75, 3.05) is 19.7 Å². The molecule has 0 bridgehead atoms. The minimum atomic E-state index is -0.905. The van der Waals surface area contributed by atoms with Gasteiger partial charge in [0.25, 0.3) is 5.91 Å². The van der Waals surface area contributed by atoms with Crippen molar-refractivity contribution in [2.24, 2.45) is 0 Å². The summed E-state index contributed by atoms with van der Waals surface area (Å²) in [5.74, 6) is -0.790.